The van der Waals surface area contributed by atoms with Crippen molar-refractivity contribution in [1.82, 2.24) is 0 Å². The Kier molecular flexibility index (Phi) is 3.38. The minimum Gasteiger partial charge on any atom is -0.294 e. The van der Waals surface area contributed by atoms with Crippen LogP contribution in [0.3, 0.4) is 0 Å². The summed E-state index contributed by atoms with van der Waals surface area (Å²) in [7, 11) is 0. The topological polar surface area (TPSA) is 17.1 Å². The van der Waals surface area contributed by atoms with Gasteiger partial charge in [0.05, 0.1) is 0 Å². The van der Waals surface area contributed by atoms with E-state index in [2.05, 4.69) is 26.0 Å². The smallest absolute Gasteiger partial charge is 0.167 e. The Labute approximate surface area is 102 Å². The SMILES string of the molecule is Cc1ccc(CC(=O)c2ccccc2)cc1C. The minimum atomic E-state index is 0.175. The van der Waals surface area contributed by atoms with Gasteiger partial charge >= 0.3 is 0 Å². The van der Waals surface area contributed by atoms with Crippen molar-refractivity contribution in [3.05, 3.63) is 70.8 Å². The third-order valence-electron chi connectivity index (χ3n) is 3.03. The third-order valence-corrected chi connectivity index (χ3v) is 3.03. The Hall–Kier alpha value is -1.89. The zero-order valence-corrected chi connectivity index (χ0v) is 10.2. The number of hydrogen-bond acceptors (Lipinski definition) is 1. The van der Waals surface area contributed by atoms with Crippen molar-refractivity contribution in [1.29, 1.82) is 0 Å². The van der Waals surface area contributed by atoms with Gasteiger partial charge in [0.1, 0.15) is 0 Å². The Balaban J connectivity index is 2.16. The molecule has 0 spiro atoms. The van der Waals surface area contributed by atoms with Crippen LogP contribution in [0.2, 0.25) is 0 Å². The van der Waals surface area contributed by atoms with Crippen LogP contribution >= 0.6 is 0 Å². The average molecular weight is 224 g/mol. The number of hydrogen-bond donors (Lipinski definition) is 0. The van der Waals surface area contributed by atoms with Gasteiger partial charge in [-0.1, -0.05) is 48.5 Å². The molecule has 86 valence electrons. The van der Waals surface area contributed by atoms with Gasteiger partial charge in [-0.3, -0.25) is 4.79 Å². The molecular formula is C16H16O. The van der Waals surface area contributed by atoms with E-state index in [1.54, 1.807) is 0 Å². The van der Waals surface area contributed by atoms with Crippen LogP contribution in [0.5, 0.6) is 0 Å². The molecule has 1 heteroatoms. The molecule has 2 aromatic rings. The van der Waals surface area contributed by atoms with Gasteiger partial charge in [0, 0.05) is 12.0 Å². The molecule has 0 N–H and O–H groups in total. The van der Waals surface area contributed by atoms with Crippen LogP contribution in [-0.4, -0.2) is 5.78 Å². The lowest BCUT2D eigenvalue weighted by atomic mass is 10.00. The van der Waals surface area contributed by atoms with Crippen LogP contribution in [0.1, 0.15) is 27.0 Å². The van der Waals surface area contributed by atoms with Crippen LogP contribution in [-0.2, 0) is 6.42 Å². The lowest BCUT2D eigenvalue weighted by molar-refractivity contribution is 0.0993. The average Bonchev–Trinajstić information content (AvgIpc) is 2.35. The minimum absolute atomic E-state index is 0.175. The fourth-order valence-electron chi connectivity index (χ4n) is 1.82. The second-order valence-electron chi connectivity index (χ2n) is 4.38. The van der Waals surface area contributed by atoms with E-state index in [9.17, 15) is 4.79 Å². The molecule has 0 aliphatic rings. The zero-order valence-electron chi connectivity index (χ0n) is 10.2. The van der Waals surface area contributed by atoms with Gasteiger partial charge in [0.25, 0.3) is 0 Å². The number of carbonyl (C=O) groups is 1. The normalized spacial score (nSPS) is 10.2. The van der Waals surface area contributed by atoms with Gasteiger partial charge in [-0.05, 0) is 30.5 Å². The molecule has 0 unspecified atom stereocenters. The van der Waals surface area contributed by atoms with Crippen LogP contribution in [0.4, 0.5) is 0 Å². The van der Waals surface area contributed by atoms with E-state index >= 15 is 0 Å². The third kappa shape index (κ3) is 2.82. The summed E-state index contributed by atoms with van der Waals surface area (Å²) in [5.41, 5.74) is 4.37. The number of rotatable bonds is 3. The maximum Gasteiger partial charge on any atom is 0.167 e. The van der Waals surface area contributed by atoms with E-state index in [1.165, 1.54) is 11.1 Å². The van der Waals surface area contributed by atoms with Gasteiger partial charge in [0.2, 0.25) is 0 Å². The molecule has 17 heavy (non-hydrogen) atoms. The highest BCUT2D eigenvalue weighted by atomic mass is 16.1. The van der Waals surface area contributed by atoms with Crippen molar-refractivity contribution in [2.75, 3.05) is 0 Å². The van der Waals surface area contributed by atoms with Crippen molar-refractivity contribution in [3.63, 3.8) is 0 Å². The van der Waals surface area contributed by atoms with E-state index in [-0.39, 0.29) is 5.78 Å². The second kappa shape index (κ2) is 4.96. The summed E-state index contributed by atoms with van der Waals surface area (Å²) in [6.07, 6.45) is 0.477. The summed E-state index contributed by atoms with van der Waals surface area (Å²) in [5.74, 6) is 0.175. The van der Waals surface area contributed by atoms with Crippen molar-refractivity contribution >= 4 is 5.78 Å². The Morgan fingerprint density at radius 1 is 0.941 bits per heavy atom. The first-order chi connectivity index (χ1) is 8.16. The second-order valence-corrected chi connectivity index (χ2v) is 4.38. The maximum atomic E-state index is 12.0. The van der Waals surface area contributed by atoms with E-state index in [1.807, 2.05) is 36.4 Å². The largest absolute Gasteiger partial charge is 0.294 e. The molecule has 0 saturated carbocycles. The fourth-order valence-corrected chi connectivity index (χ4v) is 1.82. The van der Waals surface area contributed by atoms with Crippen LogP contribution in [0, 0.1) is 13.8 Å². The molecule has 0 radical (unpaired) electrons. The van der Waals surface area contributed by atoms with E-state index in [4.69, 9.17) is 0 Å². The fraction of sp³-hybridized carbons (Fsp3) is 0.188. The summed E-state index contributed by atoms with van der Waals surface area (Å²) in [4.78, 5) is 12.0. The number of carbonyl (C=O) groups excluding carboxylic acids is 1. The van der Waals surface area contributed by atoms with Gasteiger partial charge in [-0.15, -0.1) is 0 Å². The van der Waals surface area contributed by atoms with Crippen LogP contribution in [0.15, 0.2) is 48.5 Å². The van der Waals surface area contributed by atoms with Crippen molar-refractivity contribution in [2.45, 2.75) is 20.3 Å². The molecule has 2 aromatic carbocycles. The zero-order chi connectivity index (χ0) is 12.3. The molecule has 0 fully saturated rings. The molecule has 0 heterocycles. The maximum absolute atomic E-state index is 12.0. The molecule has 0 amide bonds. The van der Waals surface area contributed by atoms with Crippen molar-refractivity contribution in [2.24, 2.45) is 0 Å². The Morgan fingerprint density at radius 2 is 1.65 bits per heavy atom. The molecule has 0 bridgehead atoms. The Bertz CT molecular complexity index is 526. The molecule has 0 aliphatic carbocycles. The molecule has 0 atom stereocenters. The van der Waals surface area contributed by atoms with Gasteiger partial charge in [-0.2, -0.15) is 0 Å². The molecule has 0 aromatic heterocycles. The predicted molar refractivity (Wildman–Crippen MR) is 70.4 cm³/mol. The monoisotopic (exact) mass is 224 g/mol. The summed E-state index contributed by atoms with van der Waals surface area (Å²) in [6, 6.07) is 15.6. The summed E-state index contributed by atoms with van der Waals surface area (Å²) < 4.78 is 0. The number of aryl methyl sites for hydroxylation is 2. The van der Waals surface area contributed by atoms with Crippen LogP contribution < -0.4 is 0 Å². The molecule has 0 saturated heterocycles. The number of ketones is 1. The number of benzene rings is 2. The van der Waals surface area contributed by atoms with Crippen molar-refractivity contribution in [3.8, 4) is 0 Å². The van der Waals surface area contributed by atoms with Crippen molar-refractivity contribution < 1.29 is 4.79 Å². The summed E-state index contributed by atoms with van der Waals surface area (Å²) in [6.45, 7) is 4.16. The standard InChI is InChI=1S/C16H16O/c1-12-8-9-14(10-13(12)2)11-16(17)15-6-4-3-5-7-15/h3-10H,11H2,1-2H3. The highest BCUT2D eigenvalue weighted by Gasteiger charge is 2.06. The van der Waals surface area contributed by atoms with Gasteiger partial charge < -0.3 is 0 Å². The Morgan fingerprint density at radius 3 is 2.29 bits per heavy atom. The van der Waals surface area contributed by atoms with Gasteiger partial charge in [-0.25, -0.2) is 0 Å². The first-order valence-electron chi connectivity index (χ1n) is 5.81. The summed E-state index contributed by atoms with van der Waals surface area (Å²) >= 11 is 0. The molecule has 1 nitrogen and oxygen atoms in total. The lowest BCUT2D eigenvalue weighted by Gasteiger charge is -2.05. The molecule has 0 aliphatic heterocycles. The van der Waals surface area contributed by atoms with E-state index < -0.39 is 0 Å². The first-order valence-corrected chi connectivity index (χ1v) is 5.81. The summed E-state index contributed by atoms with van der Waals surface area (Å²) in [5, 5.41) is 0. The quantitative estimate of drug-likeness (QED) is 0.726. The van der Waals surface area contributed by atoms with Crippen LogP contribution in [0.25, 0.3) is 0 Å². The predicted octanol–water partition coefficient (Wildman–Crippen LogP) is 3.73. The van der Waals surface area contributed by atoms with Gasteiger partial charge in [0.15, 0.2) is 5.78 Å². The first kappa shape index (κ1) is 11.6. The number of Topliss-reactive ketones (excluding diaryl/α,β-unsaturated/α-hetero) is 1. The van der Waals surface area contributed by atoms with E-state index in [0.717, 1.165) is 11.1 Å². The van der Waals surface area contributed by atoms with E-state index in [0.29, 0.717) is 6.42 Å². The highest BCUT2D eigenvalue weighted by Crippen LogP contribution is 2.12. The highest BCUT2D eigenvalue weighted by molar-refractivity contribution is 5.97. The lowest BCUT2D eigenvalue weighted by Crippen LogP contribution is -2.03. The molecular weight excluding hydrogens is 208 g/mol. The molecule has 2 rings (SSSR count).